The Bertz CT molecular complexity index is 754. The predicted molar refractivity (Wildman–Crippen MR) is 83.0 cm³/mol. The number of pyridine rings is 1. The van der Waals surface area contributed by atoms with Crippen LogP contribution < -0.4 is 4.31 Å². The fraction of sp³-hybridized carbons (Fsp3) is 0.312. The van der Waals surface area contributed by atoms with E-state index < -0.39 is 10.0 Å². The molecule has 0 N–H and O–H groups in total. The van der Waals surface area contributed by atoms with Gasteiger partial charge in [0.05, 0.1) is 5.69 Å². The lowest BCUT2D eigenvalue weighted by molar-refractivity contribution is 0.578. The number of hydrogen-bond donors (Lipinski definition) is 0. The van der Waals surface area contributed by atoms with Crippen molar-refractivity contribution >= 4 is 15.7 Å². The number of rotatable bonds is 2. The minimum atomic E-state index is -3.54. The van der Waals surface area contributed by atoms with E-state index in [1.807, 2.05) is 31.2 Å². The Hall–Kier alpha value is -1.88. The fourth-order valence-electron chi connectivity index (χ4n) is 2.70. The Morgan fingerprint density at radius 1 is 1.19 bits per heavy atom. The van der Waals surface area contributed by atoms with Gasteiger partial charge in [-0.05, 0) is 43.0 Å². The maximum absolute atomic E-state index is 12.9. The number of para-hydroxylation sites is 1. The Morgan fingerprint density at radius 2 is 1.95 bits per heavy atom. The monoisotopic (exact) mass is 302 g/mol. The minimum Gasteiger partial charge on any atom is -0.266 e. The molecule has 0 aliphatic carbocycles. The molecule has 1 aliphatic heterocycles. The summed E-state index contributed by atoms with van der Waals surface area (Å²) in [4.78, 5) is 4.35. The van der Waals surface area contributed by atoms with E-state index in [-0.39, 0.29) is 4.90 Å². The third kappa shape index (κ3) is 2.42. The largest absolute Gasteiger partial charge is 0.266 e. The van der Waals surface area contributed by atoms with Gasteiger partial charge in [0, 0.05) is 18.4 Å². The second kappa shape index (κ2) is 5.15. The topological polar surface area (TPSA) is 50.3 Å². The smallest absolute Gasteiger partial charge is 0.265 e. The molecule has 21 heavy (non-hydrogen) atoms. The summed E-state index contributed by atoms with van der Waals surface area (Å²) in [5.74, 6) is 0.379. The van der Waals surface area contributed by atoms with Crippen LogP contribution in [0.4, 0.5) is 5.69 Å². The quantitative estimate of drug-likeness (QED) is 0.856. The molecule has 4 nitrogen and oxygen atoms in total. The Balaban J connectivity index is 2.08. The van der Waals surface area contributed by atoms with Gasteiger partial charge in [-0.25, -0.2) is 8.42 Å². The molecular weight excluding hydrogens is 284 g/mol. The first-order chi connectivity index (χ1) is 10.00. The Morgan fingerprint density at radius 3 is 2.67 bits per heavy atom. The molecule has 1 aliphatic rings. The van der Waals surface area contributed by atoms with Crippen LogP contribution in [0, 0.1) is 6.92 Å². The molecular formula is C16H18N2O2S. The highest BCUT2D eigenvalue weighted by atomic mass is 32.2. The van der Waals surface area contributed by atoms with E-state index in [9.17, 15) is 8.42 Å². The van der Waals surface area contributed by atoms with Gasteiger partial charge in [0.15, 0.2) is 0 Å². The molecule has 0 bridgehead atoms. The number of fused-ring (bicyclic) bond motifs is 1. The van der Waals surface area contributed by atoms with E-state index in [0.717, 1.165) is 23.4 Å². The lowest BCUT2D eigenvalue weighted by Crippen LogP contribution is -2.36. The van der Waals surface area contributed by atoms with Crippen LogP contribution in [0.15, 0.2) is 47.5 Å². The maximum Gasteiger partial charge on any atom is 0.265 e. The van der Waals surface area contributed by atoms with Crippen LogP contribution in [0.2, 0.25) is 0 Å². The molecule has 0 fully saturated rings. The Kier molecular flexibility index (Phi) is 3.45. The van der Waals surface area contributed by atoms with Crippen molar-refractivity contribution in [1.29, 1.82) is 0 Å². The summed E-state index contributed by atoms with van der Waals surface area (Å²) in [5, 5.41) is 0. The molecule has 0 saturated heterocycles. The molecule has 1 aromatic heterocycles. The van der Waals surface area contributed by atoms with Gasteiger partial charge in [-0.2, -0.15) is 0 Å². The van der Waals surface area contributed by atoms with Crippen molar-refractivity contribution in [3.05, 3.63) is 53.9 Å². The fourth-order valence-corrected chi connectivity index (χ4v) is 4.15. The zero-order valence-corrected chi connectivity index (χ0v) is 13.0. The molecule has 0 saturated carbocycles. The first kappa shape index (κ1) is 14.1. The summed E-state index contributed by atoms with van der Waals surface area (Å²) in [5.41, 5.74) is 2.69. The van der Waals surface area contributed by atoms with Crippen LogP contribution in [0.3, 0.4) is 0 Å². The van der Waals surface area contributed by atoms with Crippen LogP contribution in [0.5, 0.6) is 0 Å². The van der Waals surface area contributed by atoms with Crippen molar-refractivity contribution in [2.24, 2.45) is 0 Å². The number of benzene rings is 1. The van der Waals surface area contributed by atoms with Gasteiger partial charge in [-0.15, -0.1) is 0 Å². The van der Waals surface area contributed by atoms with Crippen LogP contribution in [-0.4, -0.2) is 19.9 Å². The van der Waals surface area contributed by atoms with Crippen molar-refractivity contribution in [1.82, 2.24) is 4.98 Å². The number of anilines is 1. The zero-order chi connectivity index (χ0) is 15.0. The molecule has 0 radical (unpaired) electrons. The third-order valence-corrected chi connectivity index (χ3v) is 5.77. The van der Waals surface area contributed by atoms with Crippen LogP contribution in [0.1, 0.15) is 30.5 Å². The van der Waals surface area contributed by atoms with Gasteiger partial charge in [0.2, 0.25) is 0 Å². The molecule has 110 valence electrons. The summed E-state index contributed by atoms with van der Waals surface area (Å²) in [7, 11) is -3.54. The predicted octanol–water partition coefficient (Wildman–Crippen LogP) is 3.09. The highest BCUT2D eigenvalue weighted by Crippen LogP contribution is 2.37. The molecule has 2 aromatic rings. The van der Waals surface area contributed by atoms with Crippen molar-refractivity contribution in [3.63, 3.8) is 0 Å². The zero-order valence-electron chi connectivity index (χ0n) is 12.2. The van der Waals surface area contributed by atoms with Gasteiger partial charge in [0.25, 0.3) is 10.0 Å². The molecule has 0 amide bonds. The van der Waals surface area contributed by atoms with E-state index >= 15 is 0 Å². The third-order valence-electron chi connectivity index (χ3n) is 3.97. The number of aryl methyl sites for hydroxylation is 1. The lowest BCUT2D eigenvalue weighted by Gasteiger charge is -2.33. The summed E-state index contributed by atoms with van der Waals surface area (Å²) in [6.45, 7) is 4.49. The summed E-state index contributed by atoms with van der Waals surface area (Å²) in [6.07, 6.45) is 2.26. The van der Waals surface area contributed by atoms with E-state index in [0.29, 0.717) is 12.5 Å². The average Bonchev–Trinajstić information content (AvgIpc) is 2.48. The Labute approximate surface area is 125 Å². The summed E-state index contributed by atoms with van der Waals surface area (Å²) in [6, 6.07) is 11.1. The molecule has 0 spiro atoms. The minimum absolute atomic E-state index is 0.248. The molecule has 1 unspecified atom stereocenters. The van der Waals surface area contributed by atoms with Gasteiger partial charge < -0.3 is 0 Å². The SMILES string of the molecule is Cc1ccc(S(=O)(=O)N2CCC(C)c3ccccc32)cn1. The molecule has 5 heteroatoms. The second-order valence-electron chi connectivity index (χ2n) is 5.46. The number of hydrogen-bond acceptors (Lipinski definition) is 3. The maximum atomic E-state index is 12.9. The first-order valence-corrected chi connectivity index (χ1v) is 8.48. The van der Waals surface area contributed by atoms with Crippen molar-refractivity contribution < 1.29 is 8.42 Å². The first-order valence-electron chi connectivity index (χ1n) is 7.04. The van der Waals surface area contributed by atoms with E-state index in [4.69, 9.17) is 0 Å². The molecule has 3 rings (SSSR count). The van der Waals surface area contributed by atoms with Gasteiger partial charge in [-0.3, -0.25) is 9.29 Å². The van der Waals surface area contributed by atoms with Crippen LogP contribution in [-0.2, 0) is 10.0 Å². The van der Waals surface area contributed by atoms with Gasteiger partial charge in [-0.1, -0.05) is 25.1 Å². The van der Waals surface area contributed by atoms with Gasteiger partial charge in [0.1, 0.15) is 4.90 Å². The summed E-state index contributed by atoms with van der Waals surface area (Å²) >= 11 is 0. The standard InChI is InChI=1S/C16H18N2O2S/c1-12-9-10-18(16-6-4-3-5-15(12)16)21(19,20)14-8-7-13(2)17-11-14/h3-8,11-12H,9-10H2,1-2H3. The van der Waals surface area contributed by atoms with Crippen LogP contribution >= 0.6 is 0 Å². The number of nitrogens with zero attached hydrogens (tertiary/aromatic N) is 2. The highest BCUT2D eigenvalue weighted by molar-refractivity contribution is 7.92. The highest BCUT2D eigenvalue weighted by Gasteiger charge is 2.31. The molecule has 1 aromatic carbocycles. The van der Waals surface area contributed by atoms with E-state index in [1.54, 1.807) is 12.1 Å². The average molecular weight is 302 g/mol. The molecule has 2 heterocycles. The van der Waals surface area contributed by atoms with Crippen LogP contribution in [0.25, 0.3) is 0 Å². The van der Waals surface area contributed by atoms with Crippen molar-refractivity contribution in [2.75, 3.05) is 10.8 Å². The van der Waals surface area contributed by atoms with E-state index in [2.05, 4.69) is 11.9 Å². The number of sulfonamides is 1. The summed E-state index contributed by atoms with van der Waals surface area (Å²) < 4.78 is 27.2. The normalized spacial score (nSPS) is 18.4. The number of aromatic nitrogens is 1. The van der Waals surface area contributed by atoms with E-state index in [1.165, 1.54) is 10.5 Å². The molecule has 1 atom stereocenters. The second-order valence-corrected chi connectivity index (χ2v) is 7.32. The lowest BCUT2D eigenvalue weighted by atomic mass is 9.93. The van der Waals surface area contributed by atoms with Crippen molar-refractivity contribution in [3.8, 4) is 0 Å². The van der Waals surface area contributed by atoms with Gasteiger partial charge >= 0.3 is 0 Å². The van der Waals surface area contributed by atoms with Crippen molar-refractivity contribution in [2.45, 2.75) is 31.1 Å².